The van der Waals surface area contributed by atoms with Crippen molar-refractivity contribution in [1.82, 2.24) is 10.2 Å². The van der Waals surface area contributed by atoms with Gasteiger partial charge in [0.25, 0.3) is 0 Å². The van der Waals surface area contributed by atoms with E-state index in [0.29, 0.717) is 6.04 Å². The molecule has 0 heterocycles. The van der Waals surface area contributed by atoms with Gasteiger partial charge in [-0.05, 0) is 50.8 Å². The number of hydrogen-bond donors (Lipinski definition) is 1. The minimum Gasteiger partial charge on any atom is -0.309 e. The van der Waals surface area contributed by atoms with Crippen molar-refractivity contribution in [3.8, 4) is 0 Å². The maximum atomic E-state index is 3.74. The lowest BCUT2D eigenvalue weighted by molar-refractivity contribution is 0.314. The molecule has 1 aromatic rings. The molecular formula is C16H24N2. The first-order valence-electron chi connectivity index (χ1n) is 7.27. The van der Waals surface area contributed by atoms with Crippen LogP contribution in [0.4, 0.5) is 0 Å². The molecule has 1 atom stereocenters. The Morgan fingerprint density at radius 1 is 1.28 bits per heavy atom. The predicted octanol–water partition coefficient (Wildman–Crippen LogP) is 2.67. The molecule has 2 aliphatic rings. The molecule has 1 N–H and O–H groups in total. The van der Waals surface area contributed by atoms with Gasteiger partial charge in [-0.25, -0.2) is 0 Å². The summed E-state index contributed by atoms with van der Waals surface area (Å²) in [4.78, 5) is 2.50. The van der Waals surface area contributed by atoms with Crippen molar-refractivity contribution in [2.75, 3.05) is 20.1 Å². The van der Waals surface area contributed by atoms with Gasteiger partial charge >= 0.3 is 0 Å². The Morgan fingerprint density at radius 3 is 2.89 bits per heavy atom. The SMILES string of the molecule is Cc1ccc2c(c1)C(NCCN(C)C1CC1)CC2. The van der Waals surface area contributed by atoms with Gasteiger partial charge in [0.2, 0.25) is 0 Å². The molecule has 2 nitrogen and oxygen atoms in total. The highest BCUT2D eigenvalue weighted by Gasteiger charge is 2.26. The number of hydrogen-bond acceptors (Lipinski definition) is 2. The summed E-state index contributed by atoms with van der Waals surface area (Å²) in [5, 5.41) is 3.74. The second-order valence-corrected chi connectivity index (χ2v) is 5.96. The first-order valence-corrected chi connectivity index (χ1v) is 7.27. The van der Waals surface area contributed by atoms with E-state index < -0.39 is 0 Å². The third kappa shape index (κ3) is 2.60. The molecular weight excluding hydrogens is 220 g/mol. The summed E-state index contributed by atoms with van der Waals surface area (Å²) in [7, 11) is 2.26. The van der Waals surface area contributed by atoms with E-state index in [9.17, 15) is 0 Å². The zero-order valence-electron chi connectivity index (χ0n) is 11.6. The Balaban J connectivity index is 1.54. The van der Waals surface area contributed by atoms with Crippen molar-refractivity contribution >= 4 is 0 Å². The third-order valence-electron chi connectivity index (χ3n) is 4.40. The monoisotopic (exact) mass is 244 g/mol. The summed E-state index contributed by atoms with van der Waals surface area (Å²) in [6, 6.07) is 8.38. The highest BCUT2D eigenvalue weighted by molar-refractivity contribution is 5.37. The number of nitrogens with zero attached hydrogens (tertiary/aromatic N) is 1. The number of benzene rings is 1. The molecule has 0 saturated heterocycles. The molecule has 0 spiro atoms. The Morgan fingerprint density at radius 2 is 2.11 bits per heavy atom. The van der Waals surface area contributed by atoms with Crippen molar-refractivity contribution in [3.05, 3.63) is 34.9 Å². The van der Waals surface area contributed by atoms with Gasteiger partial charge in [-0.15, -0.1) is 0 Å². The van der Waals surface area contributed by atoms with Crippen LogP contribution in [0.3, 0.4) is 0 Å². The molecule has 0 bridgehead atoms. The van der Waals surface area contributed by atoms with Gasteiger partial charge in [0, 0.05) is 25.2 Å². The smallest absolute Gasteiger partial charge is 0.0326 e. The van der Waals surface area contributed by atoms with Crippen molar-refractivity contribution in [1.29, 1.82) is 0 Å². The molecule has 98 valence electrons. The van der Waals surface area contributed by atoms with Crippen LogP contribution in [0.1, 0.15) is 42.0 Å². The molecule has 2 aliphatic carbocycles. The van der Waals surface area contributed by atoms with E-state index in [1.54, 1.807) is 11.1 Å². The highest BCUT2D eigenvalue weighted by atomic mass is 15.2. The van der Waals surface area contributed by atoms with E-state index in [-0.39, 0.29) is 0 Å². The standard InChI is InChI=1S/C16H24N2/c1-12-3-4-13-5-8-16(15(13)11-12)17-9-10-18(2)14-6-7-14/h3-4,11,14,16-17H,5-10H2,1-2H3. The Labute approximate surface area is 110 Å². The lowest BCUT2D eigenvalue weighted by Gasteiger charge is -2.19. The molecule has 1 aromatic carbocycles. The summed E-state index contributed by atoms with van der Waals surface area (Å²) in [6.07, 6.45) is 5.32. The lowest BCUT2D eigenvalue weighted by atomic mass is 10.1. The summed E-state index contributed by atoms with van der Waals surface area (Å²) >= 11 is 0. The fraction of sp³-hybridized carbons (Fsp3) is 0.625. The molecule has 18 heavy (non-hydrogen) atoms. The number of nitrogens with one attached hydrogen (secondary N) is 1. The van der Waals surface area contributed by atoms with Crippen molar-refractivity contribution in [2.45, 2.75) is 44.7 Å². The first-order chi connectivity index (χ1) is 8.74. The van der Waals surface area contributed by atoms with Gasteiger partial charge in [-0.1, -0.05) is 23.8 Å². The Hall–Kier alpha value is -0.860. The second-order valence-electron chi connectivity index (χ2n) is 5.96. The summed E-state index contributed by atoms with van der Waals surface area (Å²) in [5.74, 6) is 0. The van der Waals surface area contributed by atoms with Crippen molar-refractivity contribution in [2.24, 2.45) is 0 Å². The van der Waals surface area contributed by atoms with Crippen LogP contribution in [-0.4, -0.2) is 31.1 Å². The summed E-state index contributed by atoms with van der Waals surface area (Å²) in [5.41, 5.74) is 4.48. The molecule has 2 heteroatoms. The number of rotatable bonds is 5. The fourth-order valence-corrected chi connectivity index (χ4v) is 3.05. The largest absolute Gasteiger partial charge is 0.309 e. The van der Waals surface area contributed by atoms with Crippen LogP contribution in [0.15, 0.2) is 18.2 Å². The molecule has 0 amide bonds. The van der Waals surface area contributed by atoms with E-state index in [4.69, 9.17) is 0 Å². The normalized spacial score (nSPS) is 22.5. The average molecular weight is 244 g/mol. The Bertz CT molecular complexity index is 423. The van der Waals surface area contributed by atoms with E-state index in [0.717, 1.165) is 12.6 Å². The van der Waals surface area contributed by atoms with Crippen LogP contribution in [-0.2, 0) is 6.42 Å². The van der Waals surface area contributed by atoms with Crippen LogP contribution in [0.5, 0.6) is 0 Å². The highest BCUT2D eigenvalue weighted by Crippen LogP contribution is 2.31. The maximum Gasteiger partial charge on any atom is 0.0326 e. The van der Waals surface area contributed by atoms with E-state index in [1.165, 1.54) is 37.8 Å². The van der Waals surface area contributed by atoms with E-state index in [2.05, 4.69) is 42.4 Å². The quantitative estimate of drug-likeness (QED) is 0.856. The van der Waals surface area contributed by atoms with Gasteiger partial charge in [-0.3, -0.25) is 0 Å². The first kappa shape index (κ1) is 12.2. The molecule has 0 aliphatic heterocycles. The minimum atomic E-state index is 0.590. The van der Waals surface area contributed by atoms with Gasteiger partial charge < -0.3 is 10.2 Å². The van der Waals surface area contributed by atoms with E-state index in [1.807, 2.05) is 0 Å². The van der Waals surface area contributed by atoms with Gasteiger partial charge in [0.05, 0.1) is 0 Å². The van der Waals surface area contributed by atoms with Crippen LogP contribution >= 0.6 is 0 Å². The van der Waals surface area contributed by atoms with Gasteiger partial charge in [0.15, 0.2) is 0 Å². The number of aryl methyl sites for hydroxylation is 2. The lowest BCUT2D eigenvalue weighted by Crippen LogP contribution is -2.32. The molecule has 0 aromatic heterocycles. The van der Waals surface area contributed by atoms with E-state index >= 15 is 0 Å². The topological polar surface area (TPSA) is 15.3 Å². The Kier molecular flexibility index (Phi) is 3.40. The van der Waals surface area contributed by atoms with Crippen LogP contribution < -0.4 is 5.32 Å². The molecule has 1 unspecified atom stereocenters. The predicted molar refractivity (Wildman–Crippen MR) is 75.9 cm³/mol. The number of likely N-dealkylation sites (N-methyl/N-ethyl adjacent to an activating group) is 1. The third-order valence-corrected chi connectivity index (χ3v) is 4.40. The summed E-state index contributed by atoms with van der Waals surface area (Å²) < 4.78 is 0. The fourth-order valence-electron chi connectivity index (χ4n) is 3.05. The molecule has 1 fully saturated rings. The van der Waals surface area contributed by atoms with Crippen LogP contribution in [0, 0.1) is 6.92 Å². The number of fused-ring (bicyclic) bond motifs is 1. The molecule has 0 radical (unpaired) electrons. The zero-order valence-corrected chi connectivity index (χ0v) is 11.6. The molecule has 3 rings (SSSR count). The average Bonchev–Trinajstić information content (AvgIpc) is 3.13. The van der Waals surface area contributed by atoms with Gasteiger partial charge in [-0.2, -0.15) is 0 Å². The van der Waals surface area contributed by atoms with Crippen LogP contribution in [0.25, 0.3) is 0 Å². The van der Waals surface area contributed by atoms with Crippen LogP contribution in [0.2, 0.25) is 0 Å². The van der Waals surface area contributed by atoms with Crippen molar-refractivity contribution < 1.29 is 0 Å². The summed E-state index contributed by atoms with van der Waals surface area (Å²) in [6.45, 7) is 4.49. The van der Waals surface area contributed by atoms with Crippen molar-refractivity contribution in [3.63, 3.8) is 0 Å². The minimum absolute atomic E-state index is 0.590. The second kappa shape index (κ2) is 5.02. The molecule has 1 saturated carbocycles. The zero-order chi connectivity index (χ0) is 12.5. The van der Waals surface area contributed by atoms with Gasteiger partial charge in [0.1, 0.15) is 0 Å². The maximum absolute atomic E-state index is 3.74.